The molecule has 0 saturated heterocycles. The Morgan fingerprint density at radius 2 is 2.03 bits per heavy atom. The highest BCUT2D eigenvalue weighted by Gasteiger charge is 2.33. The fraction of sp³-hybridized carbons (Fsp3) is 0.333. The number of aromatic nitrogens is 2. The number of anilines is 1. The van der Waals surface area contributed by atoms with Crippen molar-refractivity contribution < 1.29 is 12.8 Å². The molecule has 0 spiro atoms. The van der Waals surface area contributed by atoms with Gasteiger partial charge in [-0.3, -0.25) is 0 Å². The van der Waals surface area contributed by atoms with Crippen LogP contribution < -0.4 is 16.2 Å². The Balaban J connectivity index is 1.76. The van der Waals surface area contributed by atoms with E-state index in [9.17, 15) is 13.2 Å². The molecule has 1 aromatic heterocycles. The van der Waals surface area contributed by atoms with Gasteiger partial charge in [0.1, 0.15) is 6.04 Å². The van der Waals surface area contributed by atoms with E-state index in [-0.39, 0.29) is 16.7 Å². The molecule has 0 amide bonds. The van der Waals surface area contributed by atoms with E-state index >= 15 is 0 Å². The minimum atomic E-state index is -3.93. The first-order valence-corrected chi connectivity index (χ1v) is 11.3. The Morgan fingerprint density at radius 3 is 2.73 bits per heavy atom. The molecule has 3 aromatic rings. The zero-order chi connectivity index (χ0) is 21.5. The summed E-state index contributed by atoms with van der Waals surface area (Å²) in [5.41, 5.74) is 10.3. The molecular weight excluding hydrogens is 404 g/mol. The quantitative estimate of drug-likeness (QED) is 0.517. The fourth-order valence-corrected chi connectivity index (χ4v) is 5.70. The third-order valence-electron chi connectivity index (χ3n) is 5.66. The van der Waals surface area contributed by atoms with Crippen molar-refractivity contribution in [2.24, 2.45) is 0 Å². The van der Waals surface area contributed by atoms with Crippen LogP contribution in [0.1, 0.15) is 53.4 Å². The van der Waals surface area contributed by atoms with E-state index in [0.717, 1.165) is 24.8 Å². The molecule has 8 nitrogen and oxygen atoms in total. The second kappa shape index (κ2) is 7.73. The number of nitrogens with zero attached hydrogens (tertiary/aromatic N) is 1. The molecule has 1 aliphatic carbocycles. The van der Waals surface area contributed by atoms with Crippen molar-refractivity contribution in [2.45, 2.75) is 50.0 Å². The highest BCUT2D eigenvalue weighted by atomic mass is 32.2. The predicted molar refractivity (Wildman–Crippen MR) is 113 cm³/mol. The smallest absolute Gasteiger partial charge is 0.399 e. The van der Waals surface area contributed by atoms with Crippen molar-refractivity contribution >= 4 is 15.7 Å². The molecule has 1 aliphatic rings. The van der Waals surface area contributed by atoms with Crippen LogP contribution in [0.4, 0.5) is 5.69 Å². The van der Waals surface area contributed by atoms with Gasteiger partial charge in [0, 0.05) is 11.6 Å². The summed E-state index contributed by atoms with van der Waals surface area (Å²) in [6, 6.07) is 9.82. The molecule has 0 radical (unpaired) electrons. The van der Waals surface area contributed by atoms with Crippen molar-refractivity contribution in [3.8, 4) is 0 Å². The number of hydrogen-bond acceptors (Lipinski definition) is 6. The molecule has 0 fully saturated rings. The number of rotatable bonds is 6. The van der Waals surface area contributed by atoms with Crippen molar-refractivity contribution in [2.75, 3.05) is 5.73 Å². The van der Waals surface area contributed by atoms with Gasteiger partial charge in [-0.25, -0.2) is 18.3 Å². The number of aryl methyl sites for hydroxylation is 2. The van der Waals surface area contributed by atoms with Crippen LogP contribution >= 0.6 is 0 Å². The van der Waals surface area contributed by atoms with Crippen molar-refractivity contribution in [3.05, 3.63) is 75.1 Å². The first-order valence-electron chi connectivity index (χ1n) is 9.81. The standard InChI is InChI=1S/C21H24N4O4S/c1-12-11-15(22)9-10-18(12)30(27,28)25-19(20-23-24-21(26)29-20)13(2)16-7-3-5-14-6-4-8-17(14)16/h3,5,7,9-11,13,19,25H,4,6,8,22H2,1-2H3,(H,24,26)/t13-,19+/m1/s1. The lowest BCUT2D eigenvalue weighted by atomic mass is 9.88. The van der Waals surface area contributed by atoms with Crippen LogP contribution in [0.2, 0.25) is 0 Å². The summed E-state index contributed by atoms with van der Waals surface area (Å²) in [6.45, 7) is 3.59. The lowest BCUT2D eigenvalue weighted by Crippen LogP contribution is -2.33. The van der Waals surface area contributed by atoms with Crippen LogP contribution in [0.5, 0.6) is 0 Å². The summed E-state index contributed by atoms with van der Waals surface area (Å²) in [4.78, 5) is 11.7. The number of sulfonamides is 1. The first-order chi connectivity index (χ1) is 14.3. The van der Waals surface area contributed by atoms with E-state index in [1.165, 1.54) is 17.2 Å². The summed E-state index contributed by atoms with van der Waals surface area (Å²) in [7, 11) is -3.93. The molecule has 4 rings (SSSR count). The molecule has 1 heterocycles. The molecule has 30 heavy (non-hydrogen) atoms. The summed E-state index contributed by atoms with van der Waals surface area (Å²) in [6.07, 6.45) is 3.02. The monoisotopic (exact) mass is 428 g/mol. The minimum Gasteiger partial charge on any atom is -0.399 e. The van der Waals surface area contributed by atoms with Gasteiger partial charge in [0.2, 0.25) is 15.9 Å². The van der Waals surface area contributed by atoms with E-state index in [1.54, 1.807) is 19.1 Å². The van der Waals surface area contributed by atoms with Gasteiger partial charge >= 0.3 is 5.76 Å². The SMILES string of the molecule is Cc1cc(N)ccc1S(=O)(=O)N[C@H](c1n[nH]c(=O)o1)[C@H](C)c1cccc2c1CCC2. The summed E-state index contributed by atoms with van der Waals surface area (Å²) >= 11 is 0. The van der Waals surface area contributed by atoms with Gasteiger partial charge in [-0.05, 0) is 66.6 Å². The van der Waals surface area contributed by atoms with Crippen LogP contribution in [0.3, 0.4) is 0 Å². The summed E-state index contributed by atoms with van der Waals surface area (Å²) < 4.78 is 34.3. The summed E-state index contributed by atoms with van der Waals surface area (Å²) in [5, 5.41) is 6.15. The predicted octanol–water partition coefficient (Wildman–Crippen LogP) is 2.57. The highest BCUT2D eigenvalue weighted by molar-refractivity contribution is 7.89. The molecule has 4 N–H and O–H groups in total. The first kappa shape index (κ1) is 20.4. The average molecular weight is 429 g/mol. The third-order valence-corrected chi connectivity index (χ3v) is 7.27. The summed E-state index contributed by atoms with van der Waals surface area (Å²) in [5.74, 6) is -1.04. The third kappa shape index (κ3) is 3.78. The number of nitrogen functional groups attached to an aromatic ring is 1. The number of hydrogen-bond donors (Lipinski definition) is 3. The molecule has 0 aliphatic heterocycles. The zero-order valence-corrected chi connectivity index (χ0v) is 17.6. The second-order valence-electron chi connectivity index (χ2n) is 7.70. The number of fused-ring (bicyclic) bond motifs is 1. The van der Waals surface area contributed by atoms with E-state index in [1.807, 2.05) is 19.1 Å². The van der Waals surface area contributed by atoms with Gasteiger partial charge in [-0.2, -0.15) is 4.72 Å². The Morgan fingerprint density at radius 1 is 1.23 bits per heavy atom. The van der Waals surface area contributed by atoms with Crippen molar-refractivity contribution in [3.63, 3.8) is 0 Å². The number of nitrogens with two attached hydrogens (primary N) is 1. The van der Waals surface area contributed by atoms with Gasteiger partial charge in [-0.15, -0.1) is 5.10 Å². The lowest BCUT2D eigenvalue weighted by molar-refractivity contribution is 0.381. The Bertz CT molecular complexity index is 1250. The van der Waals surface area contributed by atoms with Crippen LogP contribution in [0, 0.1) is 6.92 Å². The molecule has 2 aromatic carbocycles. The Hall–Kier alpha value is -2.91. The molecular formula is C21H24N4O4S. The maximum Gasteiger partial charge on any atom is 0.434 e. The van der Waals surface area contributed by atoms with E-state index in [4.69, 9.17) is 10.2 Å². The molecule has 0 unspecified atom stereocenters. The van der Waals surface area contributed by atoms with Gasteiger partial charge in [0.15, 0.2) is 0 Å². The zero-order valence-electron chi connectivity index (χ0n) is 16.8. The van der Waals surface area contributed by atoms with Gasteiger partial charge in [0.25, 0.3) is 0 Å². The van der Waals surface area contributed by atoms with Crippen molar-refractivity contribution in [1.82, 2.24) is 14.9 Å². The van der Waals surface area contributed by atoms with Crippen LogP contribution in [0.25, 0.3) is 0 Å². The van der Waals surface area contributed by atoms with Gasteiger partial charge < -0.3 is 10.2 Å². The van der Waals surface area contributed by atoms with Crippen LogP contribution in [0.15, 0.2) is 50.5 Å². The van der Waals surface area contributed by atoms with Crippen LogP contribution in [-0.2, 0) is 22.9 Å². The van der Waals surface area contributed by atoms with E-state index in [0.29, 0.717) is 11.3 Å². The largest absolute Gasteiger partial charge is 0.434 e. The number of benzene rings is 2. The van der Waals surface area contributed by atoms with Gasteiger partial charge in [-0.1, -0.05) is 25.1 Å². The molecule has 2 atom stereocenters. The number of H-pyrrole nitrogens is 1. The van der Waals surface area contributed by atoms with Gasteiger partial charge in [0.05, 0.1) is 4.90 Å². The lowest BCUT2D eigenvalue weighted by Gasteiger charge is -2.25. The fourth-order valence-electron chi connectivity index (χ4n) is 4.20. The van der Waals surface area contributed by atoms with E-state index in [2.05, 4.69) is 21.0 Å². The normalized spacial score (nSPS) is 15.7. The highest BCUT2D eigenvalue weighted by Crippen LogP contribution is 2.37. The Labute approximate surface area is 174 Å². The number of nitrogens with one attached hydrogen (secondary N) is 2. The van der Waals surface area contributed by atoms with E-state index < -0.39 is 21.8 Å². The molecule has 9 heteroatoms. The second-order valence-corrected chi connectivity index (χ2v) is 9.38. The van der Waals surface area contributed by atoms with Crippen molar-refractivity contribution in [1.29, 1.82) is 0 Å². The topological polar surface area (TPSA) is 131 Å². The average Bonchev–Trinajstić information content (AvgIpc) is 3.34. The van der Waals surface area contributed by atoms with Crippen LogP contribution in [-0.4, -0.2) is 18.6 Å². The maximum atomic E-state index is 13.2. The molecule has 158 valence electrons. The Kier molecular flexibility index (Phi) is 5.25. The molecule has 0 saturated carbocycles. The molecule has 0 bridgehead atoms. The minimum absolute atomic E-state index is 0.000210. The maximum absolute atomic E-state index is 13.2. The number of aromatic amines is 1.